The van der Waals surface area contributed by atoms with E-state index in [0.29, 0.717) is 17.8 Å². The van der Waals surface area contributed by atoms with E-state index in [0.717, 1.165) is 0 Å². The van der Waals surface area contributed by atoms with Gasteiger partial charge in [0.05, 0.1) is 5.52 Å². The summed E-state index contributed by atoms with van der Waals surface area (Å²) in [4.78, 5) is 4.05. The summed E-state index contributed by atoms with van der Waals surface area (Å²) in [7, 11) is 0. The number of benzene rings is 5. The normalized spacial score (nSPS) is 13.1. The summed E-state index contributed by atoms with van der Waals surface area (Å²) in [5.74, 6) is 1.38. The average molecular weight is 620 g/mol. The second kappa shape index (κ2) is 11.0. The Kier molecular flexibility index (Phi) is 7.00. The maximum Gasteiger partial charge on any atom is 0.244 e. The third kappa shape index (κ3) is 4.52. The Balaban J connectivity index is 1.39. The Bertz CT molecular complexity index is 2220. The largest absolute Gasteiger partial charge is 0.301 e. The fourth-order valence-electron chi connectivity index (χ4n) is 7.44. The van der Waals surface area contributed by atoms with Crippen LogP contribution in [0.15, 0.2) is 113 Å². The number of para-hydroxylation sites is 1. The molecule has 5 aromatic carbocycles. The van der Waals surface area contributed by atoms with Crippen LogP contribution in [0.2, 0.25) is 0 Å². The van der Waals surface area contributed by atoms with Gasteiger partial charge < -0.3 is 4.57 Å². The van der Waals surface area contributed by atoms with Gasteiger partial charge in [0.2, 0.25) is 6.71 Å². The fraction of sp³-hybridized carbons (Fsp3) is 0.220. The fourth-order valence-corrected chi connectivity index (χ4v) is 9.86. The highest BCUT2D eigenvalue weighted by molar-refractivity contribution is 8.00. The lowest BCUT2D eigenvalue weighted by molar-refractivity contribution is 0.812. The monoisotopic (exact) mass is 619 g/mol. The van der Waals surface area contributed by atoms with Crippen molar-refractivity contribution in [2.45, 2.75) is 69.1 Å². The van der Waals surface area contributed by atoms with Gasteiger partial charge in [0, 0.05) is 36.3 Å². The summed E-state index contributed by atoms with van der Waals surface area (Å²) in [5, 5.41) is 4.04. The molecule has 1 aliphatic rings. The van der Waals surface area contributed by atoms with Crippen LogP contribution < -0.4 is 16.4 Å². The summed E-state index contributed by atoms with van der Waals surface area (Å²) >= 11 is 3.84. The predicted octanol–water partition coefficient (Wildman–Crippen LogP) is 10.3. The Morgan fingerprint density at radius 2 is 1.24 bits per heavy atom. The van der Waals surface area contributed by atoms with Crippen LogP contribution in [0.1, 0.15) is 76.0 Å². The molecule has 2 aromatic heterocycles. The van der Waals surface area contributed by atoms with Gasteiger partial charge in [0.1, 0.15) is 4.83 Å². The second-order valence-electron chi connectivity index (χ2n) is 13.5. The molecule has 0 unspecified atom stereocenters. The molecule has 7 aromatic rings. The summed E-state index contributed by atoms with van der Waals surface area (Å²) < 4.78 is 3.85. The molecule has 45 heavy (non-hydrogen) atoms. The topological polar surface area (TPSA) is 4.93 Å². The minimum atomic E-state index is 0.202. The SMILES string of the molecule is CC(C)c1cc(C(C)C)c(B2c3ccccc3Sc3cc(-n4c5ccccc5c5c6ccccc6sc54)ccc32)c(C(C)C)c1. The van der Waals surface area contributed by atoms with E-state index in [1.165, 1.54) is 79.8 Å². The zero-order valence-corrected chi connectivity index (χ0v) is 28.5. The number of hydrogen-bond acceptors (Lipinski definition) is 2. The van der Waals surface area contributed by atoms with Crippen LogP contribution in [0.4, 0.5) is 0 Å². The highest BCUT2D eigenvalue weighted by atomic mass is 32.2. The first kappa shape index (κ1) is 28.7. The van der Waals surface area contributed by atoms with Crippen LogP contribution in [0.5, 0.6) is 0 Å². The lowest BCUT2D eigenvalue weighted by atomic mass is 9.34. The zero-order valence-electron chi connectivity index (χ0n) is 26.9. The van der Waals surface area contributed by atoms with Gasteiger partial charge in [-0.15, -0.1) is 11.3 Å². The highest BCUT2D eigenvalue weighted by Gasteiger charge is 2.36. The zero-order chi connectivity index (χ0) is 31.0. The van der Waals surface area contributed by atoms with Crippen molar-refractivity contribution >= 4 is 77.4 Å². The van der Waals surface area contributed by atoms with Crippen LogP contribution in [-0.4, -0.2) is 11.3 Å². The molecule has 0 aliphatic carbocycles. The van der Waals surface area contributed by atoms with E-state index >= 15 is 0 Å². The molecule has 1 nitrogen and oxygen atoms in total. The molecular formula is C41H38BNS2. The van der Waals surface area contributed by atoms with Gasteiger partial charge in [-0.25, -0.2) is 0 Å². The van der Waals surface area contributed by atoms with Crippen LogP contribution >= 0.6 is 23.1 Å². The van der Waals surface area contributed by atoms with Crippen LogP contribution in [0.3, 0.4) is 0 Å². The standard InChI is InChI=1S/C41H38BNS2/c1-24(2)27-21-31(25(3)4)40(32(22-27)26(5)6)42-33-15-9-12-18-37(33)44-38-23-28(19-20-34(38)42)43-35-16-10-7-13-29(35)39-30-14-8-11-17-36(30)45-41(39)43/h7-26H,1-6H3. The lowest BCUT2D eigenvalue weighted by Crippen LogP contribution is -2.57. The van der Waals surface area contributed by atoms with Crippen molar-refractivity contribution < 1.29 is 0 Å². The number of rotatable bonds is 5. The van der Waals surface area contributed by atoms with Crippen molar-refractivity contribution in [1.82, 2.24) is 4.57 Å². The van der Waals surface area contributed by atoms with E-state index in [9.17, 15) is 0 Å². The molecule has 8 rings (SSSR count). The summed E-state index contributed by atoms with van der Waals surface area (Å²) in [5.41, 5.74) is 11.3. The summed E-state index contributed by atoms with van der Waals surface area (Å²) in [6, 6.07) is 39.2. The van der Waals surface area contributed by atoms with E-state index in [4.69, 9.17) is 0 Å². The highest BCUT2D eigenvalue weighted by Crippen LogP contribution is 2.43. The molecular weight excluding hydrogens is 581 g/mol. The van der Waals surface area contributed by atoms with Crippen molar-refractivity contribution in [3.8, 4) is 5.69 Å². The molecule has 1 aliphatic heterocycles. The van der Waals surface area contributed by atoms with Crippen LogP contribution in [0.25, 0.3) is 36.9 Å². The van der Waals surface area contributed by atoms with Crippen molar-refractivity contribution in [2.24, 2.45) is 0 Å². The minimum absolute atomic E-state index is 0.202. The molecule has 0 radical (unpaired) electrons. The van der Waals surface area contributed by atoms with Gasteiger partial charge in [0.25, 0.3) is 0 Å². The molecule has 0 spiro atoms. The molecule has 0 saturated heterocycles. The molecule has 0 amide bonds. The van der Waals surface area contributed by atoms with Crippen molar-refractivity contribution in [1.29, 1.82) is 0 Å². The third-order valence-electron chi connectivity index (χ3n) is 9.68. The van der Waals surface area contributed by atoms with Crippen LogP contribution in [0, 0.1) is 0 Å². The van der Waals surface area contributed by atoms with E-state index < -0.39 is 0 Å². The third-order valence-corrected chi connectivity index (χ3v) is 12.0. The van der Waals surface area contributed by atoms with E-state index in [2.05, 4.69) is 149 Å². The first-order valence-corrected chi connectivity index (χ1v) is 17.9. The van der Waals surface area contributed by atoms with E-state index in [-0.39, 0.29) is 6.71 Å². The molecule has 0 N–H and O–H groups in total. The smallest absolute Gasteiger partial charge is 0.244 e. The summed E-state index contributed by atoms with van der Waals surface area (Å²) in [6.07, 6.45) is 0. The number of fused-ring (bicyclic) bond motifs is 7. The van der Waals surface area contributed by atoms with E-state index in [1.807, 2.05) is 23.1 Å². The van der Waals surface area contributed by atoms with Gasteiger partial charge in [-0.1, -0.05) is 142 Å². The Labute approximate surface area is 275 Å². The molecule has 4 heteroatoms. The number of aromatic nitrogens is 1. The maximum absolute atomic E-state index is 2.51. The van der Waals surface area contributed by atoms with Gasteiger partial charge in [-0.3, -0.25) is 0 Å². The predicted molar refractivity (Wildman–Crippen MR) is 200 cm³/mol. The van der Waals surface area contributed by atoms with Crippen molar-refractivity contribution in [3.63, 3.8) is 0 Å². The molecule has 0 fully saturated rings. The lowest BCUT2D eigenvalue weighted by Gasteiger charge is -2.32. The number of nitrogens with zero attached hydrogens (tertiary/aromatic N) is 1. The van der Waals surface area contributed by atoms with Gasteiger partial charge >= 0.3 is 0 Å². The molecule has 3 heterocycles. The number of hydrogen-bond donors (Lipinski definition) is 0. The van der Waals surface area contributed by atoms with Crippen LogP contribution in [-0.2, 0) is 0 Å². The van der Waals surface area contributed by atoms with Crippen molar-refractivity contribution in [2.75, 3.05) is 0 Å². The Morgan fingerprint density at radius 3 is 1.98 bits per heavy atom. The van der Waals surface area contributed by atoms with Crippen molar-refractivity contribution in [3.05, 3.63) is 120 Å². The molecule has 222 valence electrons. The molecule has 0 bridgehead atoms. The average Bonchev–Trinajstić information content (AvgIpc) is 3.57. The van der Waals surface area contributed by atoms with E-state index in [1.54, 1.807) is 0 Å². The second-order valence-corrected chi connectivity index (χ2v) is 15.6. The van der Waals surface area contributed by atoms with Gasteiger partial charge in [-0.05, 0) is 64.8 Å². The first-order valence-electron chi connectivity index (χ1n) is 16.3. The first-order chi connectivity index (χ1) is 21.8. The minimum Gasteiger partial charge on any atom is -0.301 e. The quantitative estimate of drug-likeness (QED) is 0.174. The Hall–Kier alpha value is -3.73. The Morgan fingerprint density at radius 1 is 0.600 bits per heavy atom. The number of thiophene rings is 1. The maximum atomic E-state index is 2.51. The summed E-state index contributed by atoms with van der Waals surface area (Å²) in [6.45, 7) is 14.3. The molecule has 0 atom stereocenters. The van der Waals surface area contributed by atoms with Gasteiger partial charge in [0.15, 0.2) is 0 Å². The van der Waals surface area contributed by atoms with Gasteiger partial charge in [-0.2, -0.15) is 0 Å². The molecule has 0 saturated carbocycles.